The van der Waals surface area contributed by atoms with Crippen LogP contribution in [0.15, 0.2) is 0 Å². The van der Waals surface area contributed by atoms with Crippen molar-refractivity contribution in [3.8, 4) is 0 Å². The Morgan fingerprint density at radius 2 is 1.06 bits per heavy atom. The minimum absolute atomic E-state index is 0. The molecule has 0 unspecified atom stereocenters. The van der Waals surface area contributed by atoms with Gasteiger partial charge in [-0.1, -0.05) is 0 Å². The van der Waals surface area contributed by atoms with E-state index in [0.717, 1.165) is 0 Å². The predicted molar refractivity (Wildman–Crippen MR) is 140 cm³/mol. The summed E-state index contributed by atoms with van der Waals surface area (Å²) in [4.78, 5) is 0. The van der Waals surface area contributed by atoms with E-state index >= 15 is 0 Å². The maximum atomic E-state index is 10.00. The molecule has 0 aromatic carbocycles. The zero-order chi connectivity index (χ0) is 21.9. The van der Waals surface area contributed by atoms with Crippen molar-refractivity contribution in [1.82, 2.24) is 0 Å². The van der Waals surface area contributed by atoms with Crippen LogP contribution in [-0.2, 0) is 24.6 Å². The molecule has 0 amide bonds. The van der Waals surface area contributed by atoms with E-state index in [9.17, 15) is 30.6 Å². The monoisotopic (exact) mass is 760 g/mol. The van der Waals surface area contributed by atoms with Gasteiger partial charge in [0, 0.05) is 0 Å². The van der Waals surface area contributed by atoms with Gasteiger partial charge in [0.25, 0.3) is 0 Å². The van der Waals surface area contributed by atoms with E-state index in [1.807, 2.05) is 0 Å². The molecule has 2 aliphatic rings. The normalized spacial score (nSPS) is 34.3. The Balaban J connectivity index is -0.0000000922. The van der Waals surface area contributed by atoms with Crippen LogP contribution < -0.4 is 0 Å². The molecule has 0 saturated carbocycles. The average Bonchev–Trinajstić information content (AvgIpc) is 2.86. The minimum atomic E-state index is -4.67. The summed E-state index contributed by atoms with van der Waals surface area (Å²) in [5.74, 6) is -2.22. The second-order valence-corrected chi connectivity index (χ2v) is 6.90. The van der Waals surface area contributed by atoms with Gasteiger partial charge in [0.15, 0.2) is 6.29 Å². The van der Waals surface area contributed by atoms with Gasteiger partial charge in [0.1, 0.15) is 49.3 Å². The molecule has 2 rings (SSSR count). The van der Waals surface area contributed by atoms with Gasteiger partial charge in [0.2, 0.25) is 5.79 Å². The summed E-state index contributed by atoms with van der Waals surface area (Å²) >= 11 is 0. The van der Waals surface area contributed by atoms with E-state index < -0.39 is 85.0 Å². The van der Waals surface area contributed by atoms with E-state index in [0.29, 0.717) is 0 Å². The van der Waals surface area contributed by atoms with E-state index in [4.69, 9.17) is 41.9 Å². The van der Waals surface area contributed by atoms with Crippen LogP contribution in [0.3, 0.4) is 0 Å². The van der Waals surface area contributed by atoms with Crippen LogP contribution >= 0.6 is 0 Å². The molecule has 9 atom stereocenters. The van der Waals surface area contributed by atoms with Gasteiger partial charge in [-0.15, -0.1) is 0 Å². The molecule has 2 aliphatic heterocycles. The molecule has 10 N–H and O–H groups in total. The second kappa shape index (κ2) is 34.6. The topological polar surface area (TPSA) is 264 Å². The van der Waals surface area contributed by atoms with Crippen LogP contribution in [0.5, 0.6) is 0 Å². The SMILES string of the molecule is O=S(=O)(O)O.OC[C@H]1O[C@@](CO)(O[C@H]2O[C@H](CO)[C@@H](O)[C@H](O)[C@H]2O)[C@@H](O)[C@@H]1O.[KH].[KH].[KH].[KH].[KH].[KH].[KH].[KH]. The zero-order valence-corrected chi connectivity index (χ0v) is 15.0. The van der Waals surface area contributed by atoms with Gasteiger partial charge in [0.05, 0.1) is 13.2 Å². The molecular formula is C12H32K8O15S. The molecule has 2 saturated heterocycles. The van der Waals surface area contributed by atoms with Crippen LogP contribution in [0.1, 0.15) is 0 Å². The summed E-state index contributed by atoms with van der Waals surface area (Å²) in [6.07, 6.45) is -12.7. The number of aliphatic hydroxyl groups excluding tert-OH is 8. The molecule has 36 heavy (non-hydrogen) atoms. The first-order valence-electron chi connectivity index (χ1n) is 7.75. The first kappa shape index (κ1) is 66.7. The molecule has 15 nitrogen and oxygen atoms in total. The van der Waals surface area contributed by atoms with Gasteiger partial charge in [-0.2, -0.15) is 8.42 Å². The molecular weight excluding hydrogens is 729 g/mol. The summed E-state index contributed by atoms with van der Waals surface area (Å²) < 4.78 is 47.0. The summed E-state index contributed by atoms with van der Waals surface area (Å²) in [6, 6.07) is 0. The van der Waals surface area contributed by atoms with Crippen molar-refractivity contribution in [3.05, 3.63) is 0 Å². The first-order valence-corrected chi connectivity index (χ1v) is 9.14. The number of ether oxygens (including phenoxy) is 3. The molecule has 0 spiro atoms. The number of rotatable bonds is 5. The summed E-state index contributed by atoms with van der Waals surface area (Å²) in [7, 11) is -4.67. The molecule has 0 aliphatic carbocycles. The molecule has 184 valence electrons. The Bertz CT molecular complexity index is 603. The number of hydrogen-bond acceptors (Lipinski definition) is 13. The van der Waals surface area contributed by atoms with Gasteiger partial charge >= 0.3 is 421 Å². The van der Waals surface area contributed by atoms with Crippen molar-refractivity contribution >= 4 is 421 Å². The van der Waals surface area contributed by atoms with Crippen molar-refractivity contribution in [2.75, 3.05) is 19.8 Å². The van der Waals surface area contributed by atoms with Crippen molar-refractivity contribution < 1.29 is 72.6 Å². The second-order valence-electron chi connectivity index (χ2n) is 6.01. The third kappa shape index (κ3) is 23.9. The van der Waals surface area contributed by atoms with E-state index in [1.165, 1.54) is 0 Å². The van der Waals surface area contributed by atoms with Crippen LogP contribution in [0, 0.1) is 0 Å². The summed E-state index contributed by atoms with van der Waals surface area (Å²) in [5.41, 5.74) is 0. The molecule has 0 aromatic heterocycles. The van der Waals surface area contributed by atoms with Gasteiger partial charge in [-0.3, -0.25) is 9.11 Å². The van der Waals surface area contributed by atoms with E-state index in [1.54, 1.807) is 0 Å². The predicted octanol–water partition coefficient (Wildman–Crippen LogP) is -11.2. The fourth-order valence-corrected chi connectivity index (χ4v) is 2.63. The summed E-state index contributed by atoms with van der Waals surface area (Å²) in [6.45, 7) is -2.32. The Morgan fingerprint density at radius 1 is 0.667 bits per heavy atom. The Hall–Kier alpha value is 12.5. The molecule has 2 fully saturated rings. The van der Waals surface area contributed by atoms with Crippen molar-refractivity contribution in [2.24, 2.45) is 0 Å². The maximum absolute atomic E-state index is 10.00. The third-order valence-corrected chi connectivity index (χ3v) is 4.07. The molecule has 0 aromatic rings. The number of hydrogen-bond donors (Lipinski definition) is 10. The van der Waals surface area contributed by atoms with E-state index in [-0.39, 0.29) is 411 Å². The Kier molecular flexibility index (Phi) is 64.1. The Morgan fingerprint density at radius 3 is 1.36 bits per heavy atom. The standard InChI is InChI=1S/C12H22O11.8K.H2O4S.8H/c13-1-4-6(16)8(18)9(19)11(21-4)23-12(3-15)10(20)7(17)5(2-14)22-12;;;;;;;;;1-5(2,3)4;;;;;;;;/h4-11,13-20H,1-3H2;;;;;;;;;(H2,1,2,3,4);;;;;;;;/t4-,5-,6-,7-,8+,9-,10+,11-,12+;;;;;;;;;;;;;;;;;/m1................./s1. The fraction of sp³-hybridized carbons (Fsp3) is 1.00. The fourth-order valence-electron chi connectivity index (χ4n) is 2.63. The van der Waals surface area contributed by atoms with Gasteiger partial charge < -0.3 is 55.1 Å². The van der Waals surface area contributed by atoms with Crippen LogP contribution in [0.2, 0.25) is 0 Å². The first-order chi connectivity index (χ1) is 12.8. The molecule has 2 heterocycles. The van der Waals surface area contributed by atoms with Gasteiger partial charge in [-0.05, 0) is 0 Å². The quantitative estimate of drug-likeness (QED) is 0.0922. The van der Waals surface area contributed by atoms with Crippen molar-refractivity contribution in [1.29, 1.82) is 0 Å². The van der Waals surface area contributed by atoms with Crippen molar-refractivity contribution in [2.45, 2.75) is 54.8 Å². The molecule has 0 radical (unpaired) electrons. The Labute approximate surface area is 549 Å². The van der Waals surface area contributed by atoms with E-state index in [2.05, 4.69) is 0 Å². The third-order valence-electron chi connectivity index (χ3n) is 4.07. The zero-order valence-electron chi connectivity index (χ0n) is 14.2. The summed E-state index contributed by atoms with van der Waals surface area (Å²) in [5, 5.41) is 76.7. The average molecular weight is 761 g/mol. The van der Waals surface area contributed by atoms with Crippen molar-refractivity contribution in [3.63, 3.8) is 0 Å². The number of aliphatic hydroxyl groups is 8. The molecule has 0 bridgehead atoms. The van der Waals surface area contributed by atoms with Gasteiger partial charge in [-0.25, -0.2) is 0 Å². The van der Waals surface area contributed by atoms with Crippen LogP contribution in [-0.4, -0.2) is 544 Å². The molecule has 24 heteroatoms. The van der Waals surface area contributed by atoms with Crippen LogP contribution in [0.25, 0.3) is 0 Å². The van der Waals surface area contributed by atoms with Crippen LogP contribution in [0.4, 0.5) is 0 Å².